The van der Waals surface area contributed by atoms with Crippen LogP contribution in [-0.4, -0.2) is 12.1 Å². The molecule has 6 saturated carbocycles. The van der Waals surface area contributed by atoms with Crippen molar-refractivity contribution < 1.29 is 9.53 Å². The average molecular weight is 777 g/mol. The van der Waals surface area contributed by atoms with Gasteiger partial charge in [0.05, 0.1) is 0 Å². The number of carbonyl (C=O) groups excluding carboxylic acids is 1. The smallest absolute Gasteiger partial charge is 0.306 e. The van der Waals surface area contributed by atoms with Crippen LogP contribution >= 0.6 is 0 Å². The molecule has 6 aliphatic rings. The fraction of sp³-hybridized carbons (Fsp3) is 0.981. The van der Waals surface area contributed by atoms with Crippen molar-refractivity contribution in [3.63, 3.8) is 0 Å². The molecular formula is C54H96O2. The summed E-state index contributed by atoms with van der Waals surface area (Å²) in [7, 11) is 0. The summed E-state index contributed by atoms with van der Waals surface area (Å²) in [5.41, 5.74) is 0. The molecule has 324 valence electrons. The Kier molecular flexibility index (Phi) is 19.3. The van der Waals surface area contributed by atoms with Crippen molar-refractivity contribution in [1.82, 2.24) is 0 Å². The van der Waals surface area contributed by atoms with E-state index in [1.807, 2.05) is 0 Å². The summed E-state index contributed by atoms with van der Waals surface area (Å²) in [6, 6.07) is 0. The Morgan fingerprint density at radius 2 is 0.875 bits per heavy atom. The number of carbonyl (C=O) groups is 1. The van der Waals surface area contributed by atoms with Crippen LogP contribution in [0.4, 0.5) is 0 Å². The first-order valence-corrected chi connectivity index (χ1v) is 26.6. The van der Waals surface area contributed by atoms with Crippen molar-refractivity contribution in [1.29, 1.82) is 0 Å². The number of ether oxygens (including phenoxy) is 1. The lowest BCUT2D eigenvalue weighted by atomic mass is 9.70. The molecule has 0 bridgehead atoms. The molecule has 0 spiro atoms. The minimum absolute atomic E-state index is 0.0924. The third kappa shape index (κ3) is 16.8. The van der Waals surface area contributed by atoms with Crippen LogP contribution < -0.4 is 0 Å². The average Bonchev–Trinajstić information content (AvgIpc) is 3.91. The highest BCUT2D eigenvalue weighted by Crippen LogP contribution is 2.59. The second kappa shape index (κ2) is 24.0. The zero-order chi connectivity index (χ0) is 39.1. The number of hydrogen-bond donors (Lipinski definition) is 0. The third-order valence-corrected chi connectivity index (χ3v) is 17.3. The number of esters is 1. The van der Waals surface area contributed by atoms with Crippen LogP contribution in [0.5, 0.6) is 0 Å². The molecule has 0 saturated heterocycles. The first kappa shape index (κ1) is 45.0. The van der Waals surface area contributed by atoms with Crippen molar-refractivity contribution >= 4 is 5.97 Å². The minimum atomic E-state index is 0.0924. The van der Waals surface area contributed by atoms with Gasteiger partial charge in [0, 0.05) is 6.42 Å². The first-order valence-electron chi connectivity index (χ1n) is 26.6. The van der Waals surface area contributed by atoms with Crippen molar-refractivity contribution in [3.8, 4) is 0 Å². The largest absolute Gasteiger partial charge is 0.462 e. The highest BCUT2D eigenvalue weighted by molar-refractivity contribution is 5.69. The Balaban J connectivity index is 0.776. The van der Waals surface area contributed by atoms with Gasteiger partial charge in [-0.1, -0.05) is 143 Å². The lowest BCUT2D eigenvalue weighted by molar-refractivity contribution is -0.150. The molecular weight excluding hydrogens is 681 g/mol. The van der Waals surface area contributed by atoms with E-state index in [-0.39, 0.29) is 12.1 Å². The maximum Gasteiger partial charge on any atom is 0.306 e. The monoisotopic (exact) mass is 777 g/mol. The van der Waals surface area contributed by atoms with E-state index in [4.69, 9.17) is 4.74 Å². The van der Waals surface area contributed by atoms with Crippen molar-refractivity contribution in [2.75, 3.05) is 0 Å². The van der Waals surface area contributed by atoms with Gasteiger partial charge in [-0.15, -0.1) is 0 Å². The van der Waals surface area contributed by atoms with Gasteiger partial charge in [-0.05, 0) is 180 Å². The van der Waals surface area contributed by atoms with E-state index in [1.165, 1.54) is 141 Å². The summed E-state index contributed by atoms with van der Waals surface area (Å²) >= 11 is 0. The lowest BCUT2D eigenvalue weighted by Gasteiger charge is -2.36. The fourth-order valence-electron chi connectivity index (χ4n) is 12.4. The van der Waals surface area contributed by atoms with Crippen LogP contribution in [0, 0.1) is 76.9 Å². The van der Waals surface area contributed by atoms with Gasteiger partial charge in [0.25, 0.3) is 0 Å². The van der Waals surface area contributed by atoms with Gasteiger partial charge in [0.15, 0.2) is 0 Å². The standard InChI is InChI=1S/C54H96O2/c1-5-8-13-22-41-29-42(30-41)31-46-35-50(46)36-47-33-44(47)24-16-11-18-26-53(56-54(55)28-20-10-15-21-40(4)7-3)27-19-12-17-25-45-34-49(45)38-52-39-51(52)37-48-32-43(48)23-14-9-6-2/h40-53H,5-39H2,1-4H3. The second-order valence-corrected chi connectivity index (χ2v) is 22.4. The van der Waals surface area contributed by atoms with E-state index in [0.717, 1.165) is 96.2 Å². The van der Waals surface area contributed by atoms with E-state index in [9.17, 15) is 4.79 Å². The molecule has 0 heterocycles. The van der Waals surface area contributed by atoms with Gasteiger partial charge < -0.3 is 4.74 Å². The van der Waals surface area contributed by atoms with Gasteiger partial charge >= 0.3 is 5.97 Å². The van der Waals surface area contributed by atoms with Crippen molar-refractivity contribution in [3.05, 3.63) is 0 Å². The summed E-state index contributed by atoms with van der Waals surface area (Å²) in [4.78, 5) is 12.9. The maximum atomic E-state index is 12.9. The molecule has 2 heteroatoms. The topological polar surface area (TPSA) is 26.3 Å². The minimum Gasteiger partial charge on any atom is -0.462 e. The van der Waals surface area contributed by atoms with Gasteiger partial charge in [0.2, 0.25) is 0 Å². The summed E-state index contributed by atoms with van der Waals surface area (Å²) in [6.45, 7) is 9.32. The molecule has 0 radical (unpaired) electrons. The van der Waals surface area contributed by atoms with Crippen LogP contribution in [-0.2, 0) is 9.53 Å². The summed E-state index contributed by atoms with van der Waals surface area (Å²) in [5.74, 6) is 14.0. The predicted molar refractivity (Wildman–Crippen MR) is 240 cm³/mol. The van der Waals surface area contributed by atoms with Gasteiger partial charge in [0.1, 0.15) is 6.10 Å². The Bertz CT molecular complexity index is 1080. The van der Waals surface area contributed by atoms with E-state index in [0.29, 0.717) is 6.42 Å². The molecule has 6 fully saturated rings. The number of rotatable bonds is 36. The third-order valence-electron chi connectivity index (χ3n) is 17.3. The molecule has 12 atom stereocenters. The molecule has 0 aromatic carbocycles. The normalized spacial score (nSPS) is 34.8. The lowest BCUT2D eigenvalue weighted by Crippen LogP contribution is -2.24. The van der Waals surface area contributed by atoms with Crippen molar-refractivity contribution in [2.45, 2.75) is 259 Å². The quantitative estimate of drug-likeness (QED) is 0.0468. The van der Waals surface area contributed by atoms with E-state index < -0.39 is 0 Å². The van der Waals surface area contributed by atoms with E-state index in [2.05, 4.69) is 27.7 Å². The highest BCUT2D eigenvalue weighted by Gasteiger charge is 2.49. The van der Waals surface area contributed by atoms with Crippen molar-refractivity contribution in [2.24, 2.45) is 76.9 Å². The maximum absolute atomic E-state index is 12.9. The van der Waals surface area contributed by atoms with Crippen LogP contribution in [0.15, 0.2) is 0 Å². The molecule has 2 nitrogen and oxygen atoms in total. The van der Waals surface area contributed by atoms with E-state index >= 15 is 0 Å². The molecule has 12 unspecified atom stereocenters. The number of hydrogen-bond acceptors (Lipinski definition) is 2. The molecule has 6 aliphatic carbocycles. The fourth-order valence-corrected chi connectivity index (χ4v) is 12.4. The Morgan fingerprint density at radius 1 is 0.446 bits per heavy atom. The molecule has 0 aromatic heterocycles. The molecule has 0 N–H and O–H groups in total. The zero-order valence-electron chi connectivity index (χ0n) is 38.1. The van der Waals surface area contributed by atoms with Gasteiger partial charge in [-0.3, -0.25) is 4.79 Å². The van der Waals surface area contributed by atoms with Crippen LogP contribution in [0.1, 0.15) is 252 Å². The number of unbranched alkanes of at least 4 members (excludes halogenated alkanes) is 10. The second-order valence-electron chi connectivity index (χ2n) is 22.4. The molecule has 0 aliphatic heterocycles. The predicted octanol–water partition coefficient (Wildman–Crippen LogP) is 16.7. The van der Waals surface area contributed by atoms with E-state index in [1.54, 1.807) is 57.8 Å². The summed E-state index contributed by atoms with van der Waals surface area (Å²) in [5, 5.41) is 0. The van der Waals surface area contributed by atoms with Gasteiger partial charge in [-0.25, -0.2) is 0 Å². The zero-order valence-corrected chi connectivity index (χ0v) is 38.1. The molecule has 56 heavy (non-hydrogen) atoms. The van der Waals surface area contributed by atoms with Crippen LogP contribution in [0.3, 0.4) is 0 Å². The van der Waals surface area contributed by atoms with Crippen LogP contribution in [0.2, 0.25) is 0 Å². The Hall–Kier alpha value is -0.530. The molecule has 0 amide bonds. The highest BCUT2D eigenvalue weighted by atomic mass is 16.5. The Labute approximate surface area is 349 Å². The Morgan fingerprint density at radius 3 is 1.39 bits per heavy atom. The SMILES string of the molecule is CCCCCC1CC(CC2CC2CC2CC2CCCCCC(CCCCCC2CC2CC2CC2CC2CC2CCCCC)OC(=O)CCCCCC(C)CC)C1. The van der Waals surface area contributed by atoms with Crippen LogP contribution in [0.25, 0.3) is 0 Å². The summed E-state index contributed by atoms with van der Waals surface area (Å²) in [6.07, 6.45) is 48.8. The molecule has 6 rings (SSSR count). The summed E-state index contributed by atoms with van der Waals surface area (Å²) < 4.78 is 6.23. The first-order chi connectivity index (χ1) is 27.4. The van der Waals surface area contributed by atoms with Gasteiger partial charge in [-0.2, -0.15) is 0 Å². The molecule has 0 aromatic rings.